The lowest BCUT2D eigenvalue weighted by Crippen LogP contribution is -2.20. The standard InChI is InChI=1S/C23H23BrN2O3/c24-18-7-9-19(10-8-18)28-16-20-11-12-22(29-20)23(27)25-21-6-2-1-5-17(21)15-26-13-3-4-14-26/h1-2,5-12H,3-4,13-16H2,(H,25,27). The van der Waals surface area contributed by atoms with Crippen LogP contribution in [0.15, 0.2) is 69.6 Å². The van der Waals surface area contributed by atoms with Crippen molar-refractivity contribution in [2.45, 2.75) is 26.0 Å². The van der Waals surface area contributed by atoms with Crippen molar-refractivity contribution in [1.82, 2.24) is 4.90 Å². The molecule has 29 heavy (non-hydrogen) atoms. The Morgan fingerprint density at radius 2 is 1.79 bits per heavy atom. The third-order valence-corrected chi connectivity index (χ3v) is 5.47. The van der Waals surface area contributed by atoms with Crippen LogP contribution in [0.5, 0.6) is 5.75 Å². The summed E-state index contributed by atoms with van der Waals surface area (Å²) < 4.78 is 12.4. The fraction of sp³-hybridized carbons (Fsp3) is 0.261. The van der Waals surface area contributed by atoms with Gasteiger partial charge in [-0.05, 0) is 74.0 Å². The Bertz CT molecular complexity index is 962. The van der Waals surface area contributed by atoms with Crippen LogP contribution in [-0.4, -0.2) is 23.9 Å². The lowest BCUT2D eigenvalue weighted by atomic mass is 10.1. The summed E-state index contributed by atoms with van der Waals surface area (Å²) >= 11 is 3.40. The molecule has 1 aliphatic rings. The fourth-order valence-electron chi connectivity index (χ4n) is 3.41. The third kappa shape index (κ3) is 5.28. The number of rotatable bonds is 7. The summed E-state index contributed by atoms with van der Waals surface area (Å²) in [4.78, 5) is 15.1. The molecular formula is C23H23BrN2O3. The van der Waals surface area contributed by atoms with Gasteiger partial charge in [0, 0.05) is 16.7 Å². The average molecular weight is 455 g/mol. The smallest absolute Gasteiger partial charge is 0.291 e. The first-order valence-electron chi connectivity index (χ1n) is 9.76. The molecule has 1 aromatic heterocycles. The summed E-state index contributed by atoms with van der Waals surface area (Å²) in [6, 6.07) is 19.0. The van der Waals surface area contributed by atoms with E-state index in [1.165, 1.54) is 12.8 Å². The quantitative estimate of drug-likeness (QED) is 0.514. The number of ether oxygens (including phenoxy) is 1. The number of anilines is 1. The zero-order valence-corrected chi connectivity index (χ0v) is 17.7. The zero-order chi connectivity index (χ0) is 20.1. The van der Waals surface area contributed by atoms with Gasteiger partial charge in [0.2, 0.25) is 0 Å². The van der Waals surface area contributed by atoms with E-state index in [9.17, 15) is 4.79 Å². The van der Waals surface area contributed by atoms with Crippen molar-refractivity contribution < 1.29 is 13.9 Å². The molecule has 0 radical (unpaired) electrons. The van der Waals surface area contributed by atoms with Crippen molar-refractivity contribution in [3.05, 3.63) is 82.2 Å². The minimum atomic E-state index is -0.256. The monoisotopic (exact) mass is 454 g/mol. The maximum Gasteiger partial charge on any atom is 0.291 e. The normalized spacial score (nSPS) is 14.1. The van der Waals surface area contributed by atoms with Crippen LogP contribution in [0.25, 0.3) is 0 Å². The molecule has 1 fully saturated rings. The second kappa shape index (κ2) is 9.29. The van der Waals surface area contributed by atoms with Gasteiger partial charge in [-0.15, -0.1) is 0 Å². The van der Waals surface area contributed by atoms with Crippen LogP contribution in [0, 0.1) is 0 Å². The second-order valence-corrected chi connectivity index (χ2v) is 8.02. The van der Waals surface area contributed by atoms with Gasteiger partial charge in [0.1, 0.15) is 18.1 Å². The number of hydrogen-bond acceptors (Lipinski definition) is 4. The van der Waals surface area contributed by atoms with Crippen LogP contribution in [0.2, 0.25) is 0 Å². The number of likely N-dealkylation sites (tertiary alicyclic amines) is 1. The van der Waals surface area contributed by atoms with Crippen LogP contribution in [0.3, 0.4) is 0 Å². The first-order valence-corrected chi connectivity index (χ1v) is 10.6. The fourth-order valence-corrected chi connectivity index (χ4v) is 3.67. The summed E-state index contributed by atoms with van der Waals surface area (Å²) in [7, 11) is 0. The first kappa shape index (κ1) is 19.7. The Labute approximate surface area is 178 Å². The molecule has 1 saturated heterocycles. The van der Waals surface area contributed by atoms with E-state index < -0.39 is 0 Å². The van der Waals surface area contributed by atoms with E-state index in [-0.39, 0.29) is 18.3 Å². The molecule has 2 aromatic carbocycles. The maximum absolute atomic E-state index is 12.7. The van der Waals surface area contributed by atoms with E-state index in [4.69, 9.17) is 9.15 Å². The number of para-hydroxylation sites is 1. The number of hydrogen-bond donors (Lipinski definition) is 1. The molecule has 0 bridgehead atoms. The number of nitrogens with one attached hydrogen (secondary N) is 1. The van der Waals surface area contributed by atoms with Crippen molar-refractivity contribution >= 4 is 27.5 Å². The zero-order valence-electron chi connectivity index (χ0n) is 16.1. The first-order chi connectivity index (χ1) is 14.2. The summed E-state index contributed by atoms with van der Waals surface area (Å²) in [5.74, 6) is 1.36. The highest BCUT2D eigenvalue weighted by atomic mass is 79.9. The molecule has 0 unspecified atom stereocenters. The summed E-state index contributed by atoms with van der Waals surface area (Å²) in [5, 5.41) is 2.99. The predicted octanol–water partition coefficient (Wildman–Crippen LogP) is 5.47. The van der Waals surface area contributed by atoms with Crippen LogP contribution >= 0.6 is 15.9 Å². The van der Waals surface area contributed by atoms with Crippen molar-refractivity contribution in [3.8, 4) is 5.75 Å². The van der Waals surface area contributed by atoms with Gasteiger partial charge in [-0.3, -0.25) is 9.69 Å². The Balaban J connectivity index is 1.37. The van der Waals surface area contributed by atoms with Crippen molar-refractivity contribution in [2.24, 2.45) is 0 Å². The van der Waals surface area contributed by atoms with E-state index >= 15 is 0 Å². The topological polar surface area (TPSA) is 54.7 Å². The Morgan fingerprint density at radius 1 is 1.03 bits per heavy atom. The molecule has 0 spiro atoms. The minimum Gasteiger partial charge on any atom is -0.486 e. The Morgan fingerprint density at radius 3 is 2.59 bits per heavy atom. The Kier molecular flexibility index (Phi) is 6.32. The molecule has 6 heteroatoms. The van der Waals surface area contributed by atoms with Gasteiger partial charge in [0.15, 0.2) is 5.76 Å². The van der Waals surface area contributed by atoms with Crippen molar-refractivity contribution in [1.29, 1.82) is 0 Å². The molecule has 0 saturated carbocycles. The summed E-state index contributed by atoms with van der Waals surface area (Å²) in [6.07, 6.45) is 2.48. The lowest BCUT2D eigenvalue weighted by Gasteiger charge is -2.17. The van der Waals surface area contributed by atoms with E-state index in [1.807, 2.05) is 42.5 Å². The van der Waals surface area contributed by atoms with E-state index in [0.29, 0.717) is 5.76 Å². The molecule has 5 nitrogen and oxygen atoms in total. The lowest BCUT2D eigenvalue weighted by molar-refractivity contribution is 0.0992. The van der Waals surface area contributed by atoms with Crippen LogP contribution in [0.4, 0.5) is 5.69 Å². The van der Waals surface area contributed by atoms with Crippen molar-refractivity contribution in [3.63, 3.8) is 0 Å². The van der Waals surface area contributed by atoms with Gasteiger partial charge >= 0.3 is 0 Å². The van der Waals surface area contributed by atoms with Gasteiger partial charge in [-0.2, -0.15) is 0 Å². The van der Waals surface area contributed by atoms with Crippen LogP contribution < -0.4 is 10.1 Å². The number of furan rings is 1. The molecule has 150 valence electrons. The SMILES string of the molecule is O=C(Nc1ccccc1CN1CCCC1)c1ccc(COc2ccc(Br)cc2)o1. The summed E-state index contributed by atoms with van der Waals surface area (Å²) in [5.41, 5.74) is 1.95. The highest BCUT2D eigenvalue weighted by Crippen LogP contribution is 2.22. The largest absolute Gasteiger partial charge is 0.486 e. The molecule has 1 amide bonds. The van der Waals surface area contributed by atoms with Crippen LogP contribution in [0.1, 0.15) is 34.7 Å². The van der Waals surface area contributed by atoms with Crippen molar-refractivity contribution in [2.75, 3.05) is 18.4 Å². The van der Waals surface area contributed by atoms with E-state index in [1.54, 1.807) is 12.1 Å². The van der Waals surface area contributed by atoms with Gasteiger partial charge in [0.25, 0.3) is 5.91 Å². The third-order valence-electron chi connectivity index (χ3n) is 4.94. The predicted molar refractivity (Wildman–Crippen MR) is 116 cm³/mol. The van der Waals surface area contributed by atoms with Crippen LogP contribution in [-0.2, 0) is 13.2 Å². The molecule has 3 aromatic rings. The molecule has 2 heterocycles. The van der Waals surface area contributed by atoms with Gasteiger partial charge < -0.3 is 14.5 Å². The number of halogens is 1. The highest BCUT2D eigenvalue weighted by molar-refractivity contribution is 9.10. The molecule has 4 rings (SSSR count). The second-order valence-electron chi connectivity index (χ2n) is 7.10. The molecule has 0 atom stereocenters. The molecule has 1 N–H and O–H groups in total. The van der Waals surface area contributed by atoms with E-state index in [2.05, 4.69) is 32.2 Å². The van der Waals surface area contributed by atoms with Gasteiger partial charge in [0.05, 0.1) is 0 Å². The molecule has 1 aliphatic heterocycles. The summed E-state index contributed by atoms with van der Waals surface area (Å²) in [6.45, 7) is 3.34. The van der Waals surface area contributed by atoms with Gasteiger partial charge in [-0.25, -0.2) is 0 Å². The van der Waals surface area contributed by atoms with E-state index in [0.717, 1.165) is 41.1 Å². The van der Waals surface area contributed by atoms with Gasteiger partial charge in [-0.1, -0.05) is 34.1 Å². The minimum absolute atomic E-state index is 0.256. The number of carbonyl (C=O) groups excluding carboxylic acids is 1. The number of nitrogens with zero attached hydrogens (tertiary/aromatic N) is 1. The number of amides is 1. The maximum atomic E-state index is 12.7. The number of benzene rings is 2. The average Bonchev–Trinajstić information content (AvgIpc) is 3.41. The Hall–Kier alpha value is -2.57. The number of carbonyl (C=O) groups is 1. The molecular weight excluding hydrogens is 432 g/mol. The highest BCUT2D eigenvalue weighted by Gasteiger charge is 2.16. The molecule has 0 aliphatic carbocycles.